The molecule has 0 amide bonds. The molecule has 0 bridgehead atoms. The van der Waals surface area contributed by atoms with Gasteiger partial charge in [-0.3, -0.25) is 10.1 Å². The molecule has 6 heteroatoms. The number of thiophene rings is 1. The standard InChI is InChI=1S/C11H9FN2O2S/c12-10-5-9(14(15)16)1-2-11(10)13-6-8-3-4-17-7-8/h1-5,7,13H,6H2. The van der Waals surface area contributed by atoms with E-state index in [2.05, 4.69) is 5.32 Å². The number of hydrogen-bond donors (Lipinski definition) is 1. The summed E-state index contributed by atoms with van der Waals surface area (Å²) in [6.07, 6.45) is 0. The first kappa shape index (κ1) is 11.5. The molecule has 0 aliphatic rings. The van der Waals surface area contributed by atoms with Crippen molar-refractivity contribution in [2.45, 2.75) is 6.54 Å². The summed E-state index contributed by atoms with van der Waals surface area (Å²) in [4.78, 5) is 9.81. The van der Waals surface area contributed by atoms with Gasteiger partial charge in [-0.05, 0) is 28.5 Å². The number of anilines is 1. The number of nitro groups is 1. The number of benzene rings is 1. The van der Waals surface area contributed by atoms with E-state index in [4.69, 9.17) is 0 Å². The van der Waals surface area contributed by atoms with Crippen LogP contribution in [0.4, 0.5) is 15.8 Å². The molecule has 0 saturated carbocycles. The Balaban J connectivity index is 2.09. The van der Waals surface area contributed by atoms with Crippen LogP contribution >= 0.6 is 11.3 Å². The van der Waals surface area contributed by atoms with Crippen LogP contribution in [0.15, 0.2) is 35.0 Å². The van der Waals surface area contributed by atoms with Crippen LogP contribution in [0, 0.1) is 15.9 Å². The minimum Gasteiger partial charge on any atom is -0.379 e. The van der Waals surface area contributed by atoms with E-state index in [0.29, 0.717) is 6.54 Å². The van der Waals surface area contributed by atoms with E-state index in [1.165, 1.54) is 12.1 Å². The molecule has 17 heavy (non-hydrogen) atoms. The van der Waals surface area contributed by atoms with Gasteiger partial charge in [0.1, 0.15) is 0 Å². The van der Waals surface area contributed by atoms with Crippen LogP contribution < -0.4 is 5.32 Å². The van der Waals surface area contributed by atoms with E-state index in [0.717, 1.165) is 11.6 Å². The SMILES string of the molecule is O=[N+]([O-])c1ccc(NCc2ccsc2)c(F)c1. The van der Waals surface area contributed by atoms with Gasteiger partial charge < -0.3 is 5.32 Å². The Morgan fingerprint density at radius 3 is 2.82 bits per heavy atom. The number of nitrogens with one attached hydrogen (secondary N) is 1. The van der Waals surface area contributed by atoms with E-state index in [1.54, 1.807) is 11.3 Å². The predicted octanol–water partition coefficient (Wildman–Crippen LogP) is 3.41. The average Bonchev–Trinajstić information content (AvgIpc) is 2.80. The van der Waals surface area contributed by atoms with E-state index in [9.17, 15) is 14.5 Å². The van der Waals surface area contributed by atoms with Gasteiger partial charge in [0, 0.05) is 12.6 Å². The van der Waals surface area contributed by atoms with Crippen LogP contribution in [0.1, 0.15) is 5.56 Å². The van der Waals surface area contributed by atoms with Crippen LogP contribution in [0.2, 0.25) is 0 Å². The molecule has 1 heterocycles. The maximum absolute atomic E-state index is 13.5. The lowest BCUT2D eigenvalue weighted by molar-refractivity contribution is -0.385. The number of nitrogens with zero attached hydrogens (tertiary/aromatic N) is 1. The molecule has 0 atom stereocenters. The molecule has 0 aliphatic heterocycles. The van der Waals surface area contributed by atoms with Gasteiger partial charge in [0.2, 0.25) is 0 Å². The highest BCUT2D eigenvalue weighted by molar-refractivity contribution is 7.07. The zero-order chi connectivity index (χ0) is 12.3. The van der Waals surface area contributed by atoms with Crippen molar-refractivity contribution in [3.05, 3.63) is 56.5 Å². The third-order valence-corrected chi connectivity index (χ3v) is 2.96. The largest absolute Gasteiger partial charge is 0.379 e. The molecule has 0 radical (unpaired) electrons. The van der Waals surface area contributed by atoms with Gasteiger partial charge in [0.05, 0.1) is 16.7 Å². The van der Waals surface area contributed by atoms with Crippen molar-refractivity contribution in [3.8, 4) is 0 Å². The maximum Gasteiger partial charge on any atom is 0.272 e. The van der Waals surface area contributed by atoms with Gasteiger partial charge in [-0.1, -0.05) is 0 Å². The molecule has 0 fully saturated rings. The summed E-state index contributed by atoms with van der Waals surface area (Å²) >= 11 is 1.56. The first-order valence-electron chi connectivity index (χ1n) is 4.85. The summed E-state index contributed by atoms with van der Waals surface area (Å²) in [5.41, 5.74) is 1.07. The second-order valence-electron chi connectivity index (χ2n) is 3.41. The first-order valence-corrected chi connectivity index (χ1v) is 5.80. The van der Waals surface area contributed by atoms with E-state index < -0.39 is 10.7 Å². The lowest BCUT2D eigenvalue weighted by Crippen LogP contribution is -2.01. The van der Waals surface area contributed by atoms with Crippen LogP contribution in [0.3, 0.4) is 0 Å². The van der Waals surface area contributed by atoms with Crippen LogP contribution in [-0.4, -0.2) is 4.92 Å². The highest BCUT2D eigenvalue weighted by Gasteiger charge is 2.10. The van der Waals surface area contributed by atoms with Crippen molar-refractivity contribution in [2.75, 3.05) is 5.32 Å². The lowest BCUT2D eigenvalue weighted by atomic mass is 10.2. The second-order valence-corrected chi connectivity index (χ2v) is 4.19. The Morgan fingerprint density at radius 2 is 2.24 bits per heavy atom. The maximum atomic E-state index is 13.5. The van der Waals surface area contributed by atoms with Crippen LogP contribution in [0.5, 0.6) is 0 Å². The minimum atomic E-state index is -0.619. The van der Waals surface area contributed by atoms with Crippen LogP contribution in [0.25, 0.3) is 0 Å². The van der Waals surface area contributed by atoms with Crippen molar-refractivity contribution in [3.63, 3.8) is 0 Å². The van der Waals surface area contributed by atoms with Gasteiger partial charge >= 0.3 is 0 Å². The van der Waals surface area contributed by atoms with E-state index in [-0.39, 0.29) is 11.4 Å². The van der Waals surface area contributed by atoms with Crippen molar-refractivity contribution < 1.29 is 9.31 Å². The summed E-state index contributed by atoms with van der Waals surface area (Å²) in [6, 6.07) is 5.50. The van der Waals surface area contributed by atoms with Crippen molar-refractivity contribution >= 4 is 22.7 Å². The Kier molecular flexibility index (Phi) is 3.34. The van der Waals surface area contributed by atoms with Gasteiger partial charge in [0.15, 0.2) is 5.82 Å². The summed E-state index contributed by atoms with van der Waals surface area (Å²) in [7, 11) is 0. The fourth-order valence-electron chi connectivity index (χ4n) is 1.35. The van der Waals surface area contributed by atoms with Gasteiger partial charge in [-0.15, -0.1) is 0 Å². The normalized spacial score (nSPS) is 10.2. The van der Waals surface area contributed by atoms with Gasteiger partial charge in [0.25, 0.3) is 5.69 Å². The van der Waals surface area contributed by atoms with Gasteiger partial charge in [-0.2, -0.15) is 11.3 Å². The average molecular weight is 252 g/mol. The molecule has 0 saturated heterocycles. The molecule has 0 unspecified atom stereocenters. The van der Waals surface area contributed by atoms with Crippen molar-refractivity contribution in [2.24, 2.45) is 0 Å². The predicted molar refractivity (Wildman–Crippen MR) is 64.7 cm³/mol. The van der Waals surface area contributed by atoms with Crippen LogP contribution in [-0.2, 0) is 6.54 Å². The Morgan fingerprint density at radius 1 is 1.41 bits per heavy atom. The third kappa shape index (κ3) is 2.79. The summed E-state index contributed by atoms with van der Waals surface area (Å²) in [5, 5.41) is 17.2. The fraction of sp³-hybridized carbons (Fsp3) is 0.0909. The van der Waals surface area contributed by atoms with Crippen molar-refractivity contribution in [1.82, 2.24) is 0 Å². The fourth-order valence-corrected chi connectivity index (χ4v) is 2.02. The number of non-ortho nitro benzene ring substituents is 1. The number of rotatable bonds is 4. The second kappa shape index (κ2) is 4.92. The highest BCUT2D eigenvalue weighted by atomic mass is 32.1. The number of halogens is 1. The molecule has 1 aromatic carbocycles. The van der Waals surface area contributed by atoms with E-state index >= 15 is 0 Å². The zero-order valence-electron chi connectivity index (χ0n) is 8.72. The molecule has 2 aromatic rings. The minimum absolute atomic E-state index is 0.247. The summed E-state index contributed by atoms with van der Waals surface area (Å²) < 4.78 is 13.5. The summed E-state index contributed by atoms with van der Waals surface area (Å²) in [5.74, 6) is -0.616. The molecule has 1 aromatic heterocycles. The molecular formula is C11H9FN2O2S. The molecular weight excluding hydrogens is 243 g/mol. The monoisotopic (exact) mass is 252 g/mol. The topological polar surface area (TPSA) is 55.2 Å². The Bertz CT molecular complexity index is 528. The molecule has 1 N–H and O–H groups in total. The number of hydrogen-bond acceptors (Lipinski definition) is 4. The summed E-state index contributed by atoms with van der Waals surface area (Å²) in [6.45, 7) is 0.498. The zero-order valence-corrected chi connectivity index (χ0v) is 9.54. The smallest absolute Gasteiger partial charge is 0.272 e. The van der Waals surface area contributed by atoms with Gasteiger partial charge in [-0.25, -0.2) is 4.39 Å². The first-order chi connectivity index (χ1) is 8.16. The Hall–Kier alpha value is -1.95. The molecule has 88 valence electrons. The Labute approximate surface area is 101 Å². The van der Waals surface area contributed by atoms with E-state index in [1.807, 2.05) is 16.8 Å². The molecule has 2 rings (SSSR count). The molecule has 0 spiro atoms. The van der Waals surface area contributed by atoms with Crippen molar-refractivity contribution in [1.29, 1.82) is 0 Å². The lowest BCUT2D eigenvalue weighted by Gasteiger charge is -2.05. The quantitative estimate of drug-likeness (QED) is 0.670. The highest BCUT2D eigenvalue weighted by Crippen LogP contribution is 2.21. The number of nitro benzene ring substituents is 1. The third-order valence-electron chi connectivity index (χ3n) is 2.23. The molecule has 4 nitrogen and oxygen atoms in total. The molecule has 0 aliphatic carbocycles.